The molecule has 1 atom stereocenters. The van der Waals surface area contributed by atoms with Gasteiger partial charge in [0, 0.05) is 13.1 Å². The summed E-state index contributed by atoms with van der Waals surface area (Å²) in [6.45, 7) is 3.60. The van der Waals surface area contributed by atoms with Gasteiger partial charge in [0.1, 0.15) is 0 Å². The van der Waals surface area contributed by atoms with E-state index in [0.29, 0.717) is 12.3 Å². The molecule has 0 radical (unpaired) electrons. The van der Waals surface area contributed by atoms with E-state index in [9.17, 15) is 15.0 Å². The first-order chi connectivity index (χ1) is 10.0. The van der Waals surface area contributed by atoms with Crippen molar-refractivity contribution in [2.24, 2.45) is 11.7 Å². The Morgan fingerprint density at radius 2 is 2.10 bits per heavy atom. The lowest BCUT2D eigenvalue weighted by Crippen LogP contribution is -2.46. The Hall–Kier alpha value is -1.75. The van der Waals surface area contributed by atoms with Crippen LogP contribution in [-0.2, 0) is 11.2 Å². The SMILES string of the molecule is CCCN(CC1CC1)C(=O)[C@@H](N)Cc1ccc(O)c(O)c1. The van der Waals surface area contributed by atoms with Gasteiger partial charge in [0.15, 0.2) is 11.5 Å². The Labute approximate surface area is 125 Å². The molecular formula is C16H24N2O3. The minimum Gasteiger partial charge on any atom is -0.504 e. The van der Waals surface area contributed by atoms with E-state index in [4.69, 9.17) is 5.73 Å². The van der Waals surface area contributed by atoms with Crippen molar-refractivity contribution in [2.45, 2.75) is 38.6 Å². The first-order valence-electron chi connectivity index (χ1n) is 7.56. The number of benzene rings is 1. The largest absolute Gasteiger partial charge is 0.504 e. The summed E-state index contributed by atoms with van der Waals surface area (Å²) in [6.07, 6.45) is 3.69. The molecule has 5 heteroatoms. The lowest BCUT2D eigenvalue weighted by molar-refractivity contribution is -0.132. The summed E-state index contributed by atoms with van der Waals surface area (Å²) in [5.41, 5.74) is 6.77. The van der Waals surface area contributed by atoms with Crippen LogP contribution in [0, 0.1) is 5.92 Å². The fraction of sp³-hybridized carbons (Fsp3) is 0.562. The second-order valence-corrected chi connectivity index (χ2v) is 5.86. The lowest BCUT2D eigenvalue weighted by Gasteiger charge is -2.25. The van der Waals surface area contributed by atoms with Crippen molar-refractivity contribution in [1.29, 1.82) is 0 Å². The molecule has 4 N–H and O–H groups in total. The Morgan fingerprint density at radius 1 is 1.38 bits per heavy atom. The number of carbonyl (C=O) groups excluding carboxylic acids is 1. The van der Waals surface area contributed by atoms with Crippen LogP contribution in [0.2, 0.25) is 0 Å². The number of nitrogens with zero attached hydrogens (tertiary/aromatic N) is 1. The van der Waals surface area contributed by atoms with Gasteiger partial charge in [-0.25, -0.2) is 0 Å². The summed E-state index contributed by atoms with van der Waals surface area (Å²) in [4.78, 5) is 14.3. The Kier molecular flexibility index (Phi) is 5.07. The molecule has 21 heavy (non-hydrogen) atoms. The van der Waals surface area contributed by atoms with Gasteiger partial charge in [0.05, 0.1) is 6.04 Å². The Balaban J connectivity index is 1.97. The third kappa shape index (κ3) is 4.36. The standard InChI is InChI=1S/C16H24N2O3/c1-2-7-18(10-11-3-4-11)16(21)13(17)8-12-5-6-14(19)15(20)9-12/h5-6,9,11,13,19-20H,2-4,7-8,10,17H2,1H3/t13-/m0/s1. The predicted molar refractivity (Wildman–Crippen MR) is 81.0 cm³/mol. The quantitative estimate of drug-likeness (QED) is 0.666. The average Bonchev–Trinajstić information content (AvgIpc) is 3.25. The monoisotopic (exact) mass is 292 g/mol. The van der Waals surface area contributed by atoms with E-state index in [-0.39, 0.29) is 17.4 Å². The van der Waals surface area contributed by atoms with Gasteiger partial charge in [0.25, 0.3) is 0 Å². The van der Waals surface area contributed by atoms with Gasteiger partial charge in [-0.3, -0.25) is 4.79 Å². The zero-order valence-electron chi connectivity index (χ0n) is 12.5. The van der Waals surface area contributed by atoms with E-state index >= 15 is 0 Å². The average molecular weight is 292 g/mol. The molecule has 0 bridgehead atoms. The smallest absolute Gasteiger partial charge is 0.239 e. The van der Waals surface area contributed by atoms with Crippen LogP contribution in [-0.4, -0.2) is 40.2 Å². The highest BCUT2D eigenvalue weighted by Gasteiger charge is 2.28. The van der Waals surface area contributed by atoms with Crippen molar-refractivity contribution in [1.82, 2.24) is 4.90 Å². The highest BCUT2D eigenvalue weighted by atomic mass is 16.3. The number of hydrogen-bond acceptors (Lipinski definition) is 4. The summed E-state index contributed by atoms with van der Waals surface area (Å²) in [5, 5.41) is 18.8. The zero-order valence-corrected chi connectivity index (χ0v) is 12.5. The summed E-state index contributed by atoms with van der Waals surface area (Å²) in [7, 11) is 0. The van der Waals surface area contributed by atoms with Gasteiger partial charge < -0.3 is 20.8 Å². The number of rotatable bonds is 7. The molecule has 5 nitrogen and oxygen atoms in total. The number of carbonyl (C=O) groups is 1. The number of amides is 1. The third-order valence-corrected chi connectivity index (χ3v) is 3.79. The van der Waals surface area contributed by atoms with Crippen LogP contribution < -0.4 is 5.73 Å². The predicted octanol–water partition coefficient (Wildman–Crippen LogP) is 1.62. The van der Waals surface area contributed by atoms with Crippen LogP contribution in [0.15, 0.2) is 18.2 Å². The van der Waals surface area contributed by atoms with Crippen LogP contribution in [0.5, 0.6) is 11.5 Å². The van der Waals surface area contributed by atoms with Gasteiger partial charge in [-0.15, -0.1) is 0 Å². The van der Waals surface area contributed by atoms with Crippen LogP contribution in [0.25, 0.3) is 0 Å². The van der Waals surface area contributed by atoms with Crippen LogP contribution in [0.4, 0.5) is 0 Å². The number of phenols is 2. The van der Waals surface area contributed by atoms with E-state index in [1.165, 1.54) is 25.0 Å². The van der Waals surface area contributed by atoms with Gasteiger partial charge >= 0.3 is 0 Å². The number of hydrogen-bond donors (Lipinski definition) is 3. The van der Waals surface area contributed by atoms with Crippen molar-refractivity contribution in [3.63, 3.8) is 0 Å². The maximum atomic E-state index is 12.4. The topological polar surface area (TPSA) is 86.8 Å². The Morgan fingerprint density at radius 3 is 2.67 bits per heavy atom. The summed E-state index contributed by atoms with van der Waals surface area (Å²) in [5.74, 6) is 0.261. The maximum absolute atomic E-state index is 12.4. The molecule has 0 aromatic heterocycles. The molecular weight excluding hydrogens is 268 g/mol. The van der Waals surface area contributed by atoms with Crippen LogP contribution >= 0.6 is 0 Å². The molecule has 1 aromatic carbocycles. The first kappa shape index (κ1) is 15.6. The molecule has 1 aliphatic carbocycles. The highest BCUT2D eigenvalue weighted by Crippen LogP contribution is 2.30. The van der Waals surface area contributed by atoms with E-state index in [1.807, 2.05) is 4.90 Å². The van der Waals surface area contributed by atoms with Gasteiger partial charge in [-0.05, 0) is 49.3 Å². The van der Waals surface area contributed by atoms with Crippen LogP contribution in [0.3, 0.4) is 0 Å². The van der Waals surface area contributed by atoms with Gasteiger partial charge in [-0.1, -0.05) is 13.0 Å². The fourth-order valence-corrected chi connectivity index (χ4v) is 2.45. The number of nitrogens with two attached hydrogens (primary N) is 1. The van der Waals surface area contributed by atoms with Crippen molar-refractivity contribution >= 4 is 5.91 Å². The molecule has 1 aromatic rings. The van der Waals surface area contributed by atoms with Crippen LogP contribution in [0.1, 0.15) is 31.7 Å². The molecule has 0 unspecified atom stereocenters. The van der Waals surface area contributed by atoms with Gasteiger partial charge in [0.2, 0.25) is 5.91 Å². The molecule has 0 aliphatic heterocycles. The first-order valence-corrected chi connectivity index (χ1v) is 7.56. The molecule has 2 rings (SSSR count). The molecule has 0 saturated heterocycles. The third-order valence-electron chi connectivity index (χ3n) is 3.79. The summed E-state index contributed by atoms with van der Waals surface area (Å²) < 4.78 is 0. The van der Waals surface area contributed by atoms with E-state index in [2.05, 4.69) is 6.92 Å². The van der Waals surface area contributed by atoms with E-state index < -0.39 is 6.04 Å². The van der Waals surface area contributed by atoms with E-state index in [0.717, 1.165) is 25.1 Å². The number of aromatic hydroxyl groups is 2. The Bertz CT molecular complexity index is 500. The molecule has 1 saturated carbocycles. The van der Waals surface area contributed by atoms with E-state index in [1.54, 1.807) is 6.07 Å². The number of phenolic OH excluding ortho intramolecular Hbond substituents is 2. The second kappa shape index (κ2) is 6.80. The molecule has 0 spiro atoms. The molecule has 1 fully saturated rings. The summed E-state index contributed by atoms with van der Waals surface area (Å²) >= 11 is 0. The van der Waals surface area contributed by atoms with Gasteiger partial charge in [-0.2, -0.15) is 0 Å². The normalized spacial score (nSPS) is 15.7. The lowest BCUT2D eigenvalue weighted by atomic mass is 10.0. The minimum atomic E-state index is -0.612. The molecule has 1 aliphatic rings. The van der Waals surface area contributed by atoms with Crippen molar-refractivity contribution in [2.75, 3.05) is 13.1 Å². The maximum Gasteiger partial charge on any atom is 0.239 e. The highest BCUT2D eigenvalue weighted by molar-refractivity contribution is 5.82. The summed E-state index contributed by atoms with van der Waals surface area (Å²) in [6, 6.07) is 3.93. The molecule has 116 valence electrons. The van der Waals surface area contributed by atoms with Crippen molar-refractivity contribution in [3.05, 3.63) is 23.8 Å². The zero-order chi connectivity index (χ0) is 15.4. The minimum absolute atomic E-state index is 0.0312. The molecule has 1 amide bonds. The molecule has 0 heterocycles. The van der Waals surface area contributed by atoms with Crippen molar-refractivity contribution < 1.29 is 15.0 Å². The van der Waals surface area contributed by atoms with Crippen molar-refractivity contribution in [3.8, 4) is 11.5 Å². The second-order valence-electron chi connectivity index (χ2n) is 5.86. The fourth-order valence-electron chi connectivity index (χ4n) is 2.45.